The van der Waals surface area contributed by atoms with Gasteiger partial charge < -0.3 is 15.2 Å². The zero-order valence-corrected chi connectivity index (χ0v) is 14.2. The molecule has 2 heterocycles. The van der Waals surface area contributed by atoms with Crippen LogP contribution in [0, 0.1) is 0 Å². The van der Waals surface area contributed by atoms with Crippen molar-refractivity contribution < 1.29 is 27.8 Å². The van der Waals surface area contributed by atoms with Crippen LogP contribution in [0.5, 0.6) is 5.75 Å². The molecule has 1 saturated heterocycles. The topological polar surface area (TPSA) is 89.3 Å². The van der Waals surface area contributed by atoms with Crippen molar-refractivity contribution in [2.24, 2.45) is 0 Å². The summed E-state index contributed by atoms with van der Waals surface area (Å²) < 4.78 is 39.4. The number of ether oxygens (including phenoxy) is 1. The lowest BCUT2D eigenvalue weighted by Crippen LogP contribution is -2.34. The Kier molecular flexibility index (Phi) is 6.81. The van der Waals surface area contributed by atoms with Crippen LogP contribution in [-0.2, 0) is 4.79 Å². The molecule has 0 bridgehead atoms. The quantitative estimate of drug-likeness (QED) is 0.834. The van der Waals surface area contributed by atoms with E-state index < -0.39 is 12.1 Å². The number of hydrogen-bond acceptors (Lipinski definition) is 5. The summed E-state index contributed by atoms with van der Waals surface area (Å²) in [6.45, 7) is 2.02. The first-order valence-electron chi connectivity index (χ1n) is 7.59. The number of alkyl halides is 3. The van der Waals surface area contributed by atoms with E-state index in [0.717, 1.165) is 37.4 Å². The van der Waals surface area contributed by atoms with Crippen molar-refractivity contribution in [2.45, 2.75) is 25.1 Å². The van der Waals surface area contributed by atoms with Gasteiger partial charge in [-0.1, -0.05) is 11.6 Å². The normalized spacial score (nSPS) is 15.1. The second-order valence-electron chi connectivity index (χ2n) is 5.32. The predicted octanol–water partition coefficient (Wildman–Crippen LogP) is 2.68. The molecule has 1 aliphatic rings. The lowest BCUT2D eigenvalue weighted by molar-refractivity contribution is -0.192. The van der Waals surface area contributed by atoms with Crippen molar-refractivity contribution in [3.8, 4) is 11.4 Å². The second-order valence-corrected chi connectivity index (χ2v) is 5.73. The summed E-state index contributed by atoms with van der Waals surface area (Å²) in [5.41, 5.74) is 0.783. The fraction of sp³-hybridized carbons (Fsp3) is 0.400. The molecule has 2 N–H and O–H groups in total. The monoisotopic (exact) mass is 392 g/mol. The first-order chi connectivity index (χ1) is 12.3. The minimum atomic E-state index is -5.08. The Hall–Kier alpha value is -2.33. The number of nitrogens with one attached hydrogen (secondary N) is 1. The summed E-state index contributed by atoms with van der Waals surface area (Å²) in [6.07, 6.45) is 0.348. The van der Waals surface area contributed by atoms with Crippen LogP contribution in [0.4, 0.5) is 13.2 Å². The molecule has 0 unspecified atom stereocenters. The van der Waals surface area contributed by atoms with Gasteiger partial charge in [-0.15, -0.1) is 0 Å². The predicted molar refractivity (Wildman–Crippen MR) is 86.6 cm³/mol. The summed E-state index contributed by atoms with van der Waals surface area (Å²) in [5, 5.41) is 15.2. The van der Waals surface area contributed by atoms with Crippen LogP contribution in [0.15, 0.2) is 30.9 Å². The van der Waals surface area contributed by atoms with E-state index in [1.807, 2.05) is 18.2 Å². The number of halogens is 4. The highest BCUT2D eigenvalue weighted by Crippen LogP contribution is 2.26. The van der Waals surface area contributed by atoms with Gasteiger partial charge in [0.2, 0.25) is 0 Å². The van der Waals surface area contributed by atoms with Gasteiger partial charge in [0.25, 0.3) is 0 Å². The number of benzene rings is 1. The van der Waals surface area contributed by atoms with Crippen LogP contribution in [0.2, 0.25) is 5.02 Å². The maximum Gasteiger partial charge on any atom is 0.490 e. The highest BCUT2D eigenvalue weighted by Gasteiger charge is 2.38. The van der Waals surface area contributed by atoms with E-state index in [2.05, 4.69) is 15.4 Å². The fourth-order valence-electron chi connectivity index (χ4n) is 2.18. The lowest BCUT2D eigenvalue weighted by Gasteiger charge is -2.24. The van der Waals surface area contributed by atoms with Gasteiger partial charge in [0.05, 0.1) is 10.7 Å². The molecule has 0 aliphatic carbocycles. The molecule has 1 aliphatic heterocycles. The van der Waals surface area contributed by atoms with Crippen molar-refractivity contribution in [3.05, 3.63) is 35.9 Å². The van der Waals surface area contributed by atoms with E-state index in [1.165, 1.54) is 6.33 Å². The van der Waals surface area contributed by atoms with Gasteiger partial charge in [-0.25, -0.2) is 14.5 Å². The average molecular weight is 393 g/mol. The van der Waals surface area contributed by atoms with Crippen molar-refractivity contribution in [1.82, 2.24) is 20.1 Å². The smallest absolute Gasteiger partial charge is 0.490 e. The molecule has 7 nitrogen and oxygen atoms in total. The van der Waals surface area contributed by atoms with Gasteiger partial charge in [0.1, 0.15) is 24.5 Å². The van der Waals surface area contributed by atoms with Crippen molar-refractivity contribution in [3.63, 3.8) is 0 Å². The number of rotatable bonds is 3. The maximum absolute atomic E-state index is 10.6. The van der Waals surface area contributed by atoms with Gasteiger partial charge >= 0.3 is 12.1 Å². The van der Waals surface area contributed by atoms with Crippen LogP contribution < -0.4 is 10.1 Å². The lowest BCUT2D eigenvalue weighted by atomic mass is 10.1. The van der Waals surface area contributed by atoms with E-state index in [9.17, 15) is 13.2 Å². The van der Waals surface area contributed by atoms with Gasteiger partial charge in [-0.3, -0.25) is 0 Å². The summed E-state index contributed by atoms with van der Waals surface area (Å²) in [5.74, 6) is -1.94. The van der Waals surface area contributed by atoms with Gasteiger partial charge in [-0.05, 0) is 38.1 Å². The summed E-state index contributed by atoms with van der Waals surface area (Å²) in [4.78, 5) is 12.8. The van der Waals surface area contributed by atoms with Crippen LogP contribution in [0.1, 0.15) is 12.8 Å². The molecule has 1 aromatic heterocycles. The minimum Gasteiger partial charge on any atom is -0.490 e. The number of carboxylic acids is 1. The van der Waals surface area contributed by atoms with Crippen molar-refractivity contribution in [2.75, 3.05) is 13.1 Å². The number of aromatic nitrogens is 3. The Labute approximate surface area is 151 Å². The van der Waals surface area contributed by atoms with Crippen molar-refractivity contribution >= 4 is 17.6 Å². The Balaban J connectivity index is 0.000000298. The third-order valence-corrected chi connectivity index (χ3v) is 3.73. The first kappa shape index (κ1) is 20.0. The Morgan fingerprint density at radius 2 is 2.00 bits per heavy atom. The van der Waals surface area contributed by atoms with Crippen LogP contribution in [-0.4, -0.2) is 51.2 Å². The molecule has 0 saturated carbocycles. The highest BCUT2D eigenvalue weighted by atomic mass is 35.5. The third kappa shape index (κ3) is 5.88. The standard InChI is InChI=1S/C13H15ClN4O.C2HF3O2/c14-12-2-1-11(19-10-3-5-15-6-4-10)7-13(12)18-9-16-8-17-18;3-2(4,5)1(6)7/h1-2,7-10,15H,3-6H2;(H,6,7). The fourth-order valence-corrected chi connectivity index (χ4v) is 2.38. The van der Waals surface area contributed by atoms with E-state index in [1.54, 1.807) is 11.0 Å². The zero-order chi connectivity index (χ0) is 19.2. The molecule has 0 spiro atoms. The van der Waals surface area contributed by atoms with Gasteiger partial charge in [0, 0.05) is 6.07 Å². The average Bonchev–Trinajstić information content (AvgIpc) is 3.11. The van der Waals surface area contributed by atoms with Gasteiger partial charge in [-0.2, -0.15) is 18.3 Å². The maximum atomic E-state index is 10.6. The molecule has 2 aromatic rings. The number of aliphatic carboxylic acids is 1. The molecule has 1 fully saturated rings. The third-order valence-electron chi connectivity index (χ3n) is 3.41. The molecule has 142 valence electrons. The number of hydrogen-bond donors (Lipinski definition) is 2. The molecule has 1 aromatic carbocycles. The second kappa shape index (κ2) is 8.86. The molecule has 3 rings (SSSR count). The molecule has 11 heteroatoms. The number of carbonyl (C=O) groups is 1. The van der Waals surface area contributed by atoms with Gasteiger partial charge in [0.15, 0.2) is 0 Å². The Morgan fingerprint density at radius 3 is 2.54 bits per heavy atom. The molecule has 0 radical (unpaired) electrons. The molecule has 0 amide bonds. The van der Waals surface area contributed by atoms with Crippen molar-refractivity contribution in [1.29, 1.82) is 0 Å². The SMILES string of the molecule is Clc1ccc(OC2CCNCC2)cc1-n1cncn1.O=C(O)C(F)(F)F. The molecule has 0 atom stereocenters. The largest absolute Gasteiger partial charge is 0.490 e. The van der Waals surface area contributed by atoms with Crippen LogP contribution in [0.3, 0.4) is 0 Å². The van der Waals surface area contributed by atoms with Crippen LogP contribution >= 0.6 is 11.6 Å². The Morgan fingerprint density at radius 1 is 1.35 bits per heavy atom. The zero-order valence-electron chi connectivity index (χ0n) is 13.4. The molecule has 26 heavy (non-hydrogen) atoms. The summed E-state index contributed by atoms with van der Waals surface area (Å²) >= 11 is 6.18. The highest BCUT2D eigenvalue weighted by molar-refractivity contribution is 6.32. The van der Waals surface area contributed by atoms with E-state index in [4.69, 9.17) is 26.2 Å². The first-order valence-corrected chi connectivity index (χ1v) is 7.97. The number of nitrogens with zero attached hydrogens (tertiary/aromatic N) is 3. The van der Waals surface area contributed by atoms with Crippen LogP contribution in [0.25, 0.3) is 5.69 Å². The minimum absolute atomic E-state index is 0.269. The summed E-state index contributed by atoms with van der Waals surface area (Å²) in [7, 11) is 0. The summed E-state index contributed by atoms with van der Waals surface area (Å²) in [6, 6.07) is 5.62. The van der Waals surface area contributed by atoms with E-state index in [-0.39, 0.29) is 6.10 Å². The van der Waals surface area contributed by atoms with E-state index in [0.29, 0.717) is 5.02 Å². The van der Waals surface area contributed by atoms with E-state index >= 15 is 0 Å². The molecular weight excluding hydrogens is 377 g/mol. The number of carboxylic acid groups (broad SMARTS) is 1. The number of piperidine rings is 1. The Bertz CT molecular complexity index is 719. The molecular formula is C15H16ClF3N4O3.